The zero-order valence-electron chi connectivity index (χ0n) is 10.7. The van der Waals surface area contributed by atoms with Gasteiger partial charge in [-0.2, -0.15) is 0 Å². The summed E-state index contributed by atoms with van der Waals surface area (Å²) in [5.74, 6) is 0.0394. The van der Waals surface area contributed by atoms with Crippen molar-refractivity contribution in [2.45, 2.75) is 13.5 Å². The zero-order chi connectivity index (χ0) is 13.2. The normalized spacial score (nSPS) is 14.9. The number of hydrogen-bond donors (Lipinski definition) is 0. The molecule has 19 heavy (non-hydrogen) atoms. The van der Waals surface area contributed by atoms with Crippen LogP contribution in [0.1, 0.15) is 23.7 Å². The molecule has 1 aliphatic rings. The van der Waals surface area contributed by atoms with Crippen molar-refractivity contribution in [1.29, 1.82) is 0 Å². The minimum Gasteiger partial charge on any atom is -0.308 e. The van der Waals surface area contributed by atoms with E-state index in [1.807, 2.05) is 48.6 Å². The highest BCUT2D eigenvalue weighted by Gasteiger charge is 2.17. The predicted octanol–water partition coefficient (Wildman–Crippen LogP) is 3.12. The van der Waals surface area contributed by atoms with Crippen LogP contribution in [-0.2, 0) is 11.3 Å². The molecule has 0 radical (unpaired) electrons. The van der Waals surface area contributed by atoms with Crippen molar-refractivity contribution in [2.24, 2.45) is 0 Å². The van der Waals surface area contributed by atoms with Gasteiger partial charge in [0.25, 0.3) is 0 Å². The van der Waals surface area contributed by atoms with E-state index in [0.29, 0.717) is 6.54 Å². The molecule has 3 nitrogen and oxygen atoms in total. The monoisotopic (exact) mass is 250 g/mol. The number of fused-ring (bicyclic) bond motifs is 2. The smallest absolute Gasteiger partial charge is 0.224 e. The fourth-order valence-corrected chi connectivity index (χ4v) is 2.31. The second kappa shape index (κ2) is 4.69. The molecule has 0 aliphatic carbocycles. The molecule has 3 heteroatoms. The van der Waals surface area contributed by atoms with E-state index in [1.165, 1.54) is 0 Å². The van der Waals surface area contributed by atoms with Gasteiger partial charge in [0.1, 0.15) is 0 Å². The number of carbonyl (C=O) groups is 1. The van der Waals surface area contributed by atoms with E-state index >= 15 is 0 Å². The van der Waals surface area contributed by atoms with E-state index in [-0.39, 0.29) is 5.91 Å². The summed E-state index contributed by atoms with van der Waals surface area (Å²) < 4.78 is 0. The van der Waals surface area contributed by atoms with Crippen molar-refractivity contribution in [1.82, 2.24) is 4.98 Å². The van der Waals surface area contributed by atoms with Crippen molar-refractivity contribution in [3.63, 3.8) is 0 Å². The Labute approximate surface area is 112 Å². The number of rotatable bonds is 0. The van der Waals surface area contributed by atoms with Gasteiger partial charge in [-0.15, -0.1) is 0 Å². The Morgan fingerprint density at radius 1 is 1.16 bits per heavy atom. The first-order chi connectivity index (χ1) is 9.25. The topological polar surface area (TPSA) is 33.2 Å². The zero-order valence-corrected chi connectivity index (χ0v) is 10.7. The van der Waals surface area contributed by atoms with Gasteiger partial charge in [-0.25, -0.2) is 0 Å². The van der Waals surface area contributed by atoms with Crippen LogP contribution >= 0.6 is 0 Å². The largest absolute Gasteiger partial charge is 0.308 e. The van der Waals surface area contributed by atoms with Crippen LogP contribution < -0.4 is 4.90 Å². The van der Waals surface area contributed by atoms with Crippen LogP contribution in [0.5, 0.6) is 0 Å². The molecule has 2 heterocycles. The highest BCUT2D eigenvalue weighted by molar-refractivity contribution is 5.95. The van der Waals surface area contributed by atoms with Crippen LogP contribution in [-0.4, -0.2) is 10.9 Å². The molecule has 3 rings (SSSR count). The molecule has 0 spiro atoms. The highest BCUT2D eigenvalue weighted by Crippen LogP contribution is 2.27. The van der Waals surface area contributed by atoms with Crippen LogP contribution in [0.2, 0.25) is 0 Å². The predicted molar refractivity (Wildman–Crippen MR) is 76.5 cm³/mol. The van der Waals surface area contributed by atoms with Crippen LogP contribution in [0.3, 0.4) is 0 Å². The number of nitrogens with zero attached hydrogens (tertiary/aromatic N) is 2. The van der Waals surface area contributed by atoms with E-state index in [1.54, 1.807) is 18.0 Å². The Hall–Kier alpha value is -2.42. The number of benzene rings is 1. The summed E-state index contributed by atoms with van der Waals surface area (Å²) >= 11 is 0. The van der Waals surface area contributed by atoms with Crippen molar-refractivity contribution in [3.8, 4) is 0 Å². The third-order valence-corrected chi connectivity index (χ3v) is 3.28. The van der Waals surface area contributed by atoms with Crippen LogP contribution in [0.25, 0.3) is 12.2 Å². The van der Waals surface area contributed by atoms with Gasteiger partial charge in [-0.3, -0.25) is 9.78 Å². The second-order valence-corrected chi connectivity index (χ2v) is 4.55. The van der Waals surface area contributed by atoms with Gasteiger partial charge in [0, 0.05) is 13.1 Å². The summed E-state index contributed by atoms with van der Waals surface area (Å²) in [7, 11) is 0. The minimum absolute atomic E-state index is 0.0394. The summed E-state index contributed by atoms with van der Waals surface area (Å²) in [5, 5.41) is 0. The quantitative estimate of drug-likeness (QED) is 0.719. The van der Waals surface area contributed by atoms with Crippen molar-refractivity contribution in [2.75, 3.05) is 4.90 Å². The molecule has 2 aromatic rings. The number of aromatic nitrogens is 1. The Morgan fingerprint density at radius 3 is 2.84 bits per heavy atom. The SMILES string of the molecule is CC(=O)N1Cc2cccnc2/C=C\c2ccccc21. The van der Waals surface area contributed by atoms with Crippen LogP contribution in [0, 0.1) is 0 Å². The average Bonchev–Trinajstić information content (AvgIpc) is 2.41. The van der Waals surface area contributed by atoms with Gasteiger partial charge >= 0.3 is 0 Å². The summed E-state index contributed by atoms with van der Waals surface area (Å²) in [6.07, 6.45) is 5.79. The van der Waals surface area contributed by atoms with E-state index in [0.717, 1.165) is 22.5 Å². The van der Waals surface area contributed by atoms with Crippen molar-refractivity contribution in [3.05, 3.63) is 59.4 Å². The third-order valence-electron chi connectivity index (χ3n) is 3.28. The highest BCUT2D eigenvalue weighted by atomic mass is 16.2. The molecule has 0 fully saturated rings. The molecule has 0 N–H and O–H groups in total. The lowest BCUT2D eigenvalue weighted by Crippen LogP contribution is -2.29. The molecule has 0 unspecified atom stereocenters. The molecule has 0 bridgehead atoms. The molecular formula is C16H14N2O. The van der Waals surface area contributed by atoms with Gasteiger partial charge in [0.05, 0.1) is 17.9 Å². The number of anilines is 1. The summed E-state index contributed by atoms with van der Waals surface area (Å²) in [4.78, 5) is 18.1. The Balaban J connectivity index is 2.19. The number of pyridine rings is 1. The number of hydrogen-bond acceptors (Lipinski definition) is 2. The van der Waals surface area contributed by atoms with E-state index in [9.17, 15) is 4.79 Å². The lowest BCUT2D eigenvalue weighted by molar-refractivity contribution is -0.116. The lowest BCUT2D eigenvalue weighted by atomic mass is 10.0. The van der Waals surface area contributed by atoms with Crippen molar-refractivity contribution >= 4 is 23.7 Å². The lowest BCUT2D eigenvalue weighted by Gasteiger charge is -2.25. The Morgan fingerprint density at radius 2 is 2.00 bits per heavy atom. The van der Waals surface area contributed by atoms with Gasteiger partial charge < -0.3 is 4.90 Å². The average molecular weight is 250 g/mol. The van der Waals surface area contributed by atoms with Gasteiger partial charge in [0.2, 0.25) is 5.91 Å². The van der Waals surface area contributed by atoms with E-state index in [4.69, 9.17) is 0 Å². The maximum atomic E-state index is 11.9. The Kier molecular flexibility index (Phi) is 2.88. The van der Waals surface area contributed by atoms with Gasteiger partial charge in [-0.05, 0) is 29.3 Å². The number of carbonyl (C=O) groups excluding carboxylic acids is 1. The van der Waals surface area contributed by atoms with Gasteiger partial charge in [0.15, 0.2) is 0 Å². The first kappa shape index (κ1) is 11.7. The maximum Gasteiger partial charge on any atom is 0.224 e. The molecule has 1 amide bonds. The number of amides is 1. The second-order valence-electron chi connectivity index (χ2n) is 4.55. The molecule has 1 aromatic heterocycles. The maximum absolute atomic E-state index is 11.9. The molecule has 0 atom stereocenters. The molecule has 1 aromatic carbocycles. The molecule has 1 aliphatic heterocycles. The fraction of sp³-hybridized carbons (Fsp3) is 0.125. The number of para-hydroxylation sites is 1. The van der Waals surface area contributed by atoms with Crippen molar-refractivity contribution < 1.29 is 4.79 Å². The van der Waals surface area contributed by atoms with E-state index in [2.05, 4.69) is 4.98 Å². The fourth-order valence-electron chi connectivity index (χ4n) is 2.31. The standard InChI is InChI=1S/C16H14N2O/c1-12(19)18-11-14-6-4-10-17-15(14)9-8-13-5-2-3-7-16(13)18/h2-10H,11H2,1H3/b9-8-. The third kappa shape index (κ3) is 2.15. The van der Waals surface area contributed by atoms with Crippen LogP contribution in [0.15, 0.2) is 42.6 Å². The minimum atomic E-state index is 0.0394. The molecule has 0 saturated carbocycles. The van der Waals surface area contributed by atoms with Gasteiger partial charge in [-0.1, -0.05) is 30.3 Å². The molecular weight excluding hydrogens is 236 g/mol. The first-order valence-electron chi connectivity index (χ1n) is 6.25. The van der Waals surface area contributed by atoms with E-state index < -0.39 is 0 Å². The summed E-state index contributed by atoms with van der Waals surface area (Å²) in [6.45, 7) is 2.15. The summed E-state index contributed by atoms with van der Waals surface area (Å²) in [6, 6.07) is 11.8. The Bertz CT molecular complexity index is 661. The summed E-state index contributed by atoms with van der Waals surface area (Å²) in [5.41, 5.74) is 3.96. The van der Waals surface area contributed by atoms with Crippen LogP contribution in [0.4, 0.5) is 5.69 Å². The first-order valence-corrected chi connectivity index (χ1v) is 6.25. The molecule has 94 valence electrons. The molecule has 0 saturated heterocycles.